The Hall–Kier alpha value is -1.21. The van der Waals surface area contributed by atoms with E-state index in [1.54, 1.807) is 7.05 Å². The lowest BCUT2D eigenvalue weighted by molar-refractivity contribution is 0.217. The van der Waals surface area contributed by atoms with Crippen molar-refractivity contribution in [2.75, 3.05) is 31.8 Å². The fourth-order valence-corrected chi connectivity index (χ4v) is 1.97. The third kappa shape index (κ3) is 3.14. The number of nitrogens with zero attached hydrogens (tertiary/aromatic N) is 2. The van der Waals surface area contributed by atoms with Gasteiger partial charge in [0.2, 0.25) is 5.95 Å². The molecule has 1 rings (SSSR count). The third-order valence-corrected chi connectivity index (χ3v) is 3.40. The molecular formula is C8H13N3O3S. The average molecular weight is 231 g/mol. The largest absolute Gasteiger partial charge is 0.384 e. The molecule has 0 radical (unpaired) electrons. The van der Waals surface area contributed by atoms with Crippen LogP contribution in [0.1, 0.15) is 0 Å². The van der Waals surface area contributed by atoms with Gasteiger partial charge in [0.25, 0.3) is 0 Å². The van der Waals surface area contributed by atoms with Crippen molar-refractivity contribution in [2.24, 2.45) is 0 Å². The standard InChI is InChI=1S/C8H13N3O3S/c1-9-8-10-5-7(6-11-8)15(12,13)4-3-14-2/h5-6H,3-4H2,1-2H3,(H,9,10,11). The van der Waals surface area contributed by atoms with E-state index in [2.05, 4.69) is 15.3 Å². The minimum absolute atomic E-state index is 0.0637. The van der Waals surface area contributed by atoms with Crippen LogP contribution in [0.5, 0.6) is 0 Å². The number of anilines is 1. The second-order valence-corrected chi connectivity index (χ2v) is 4.91. The minimum atomic E-state index is -3.33. The molecule has 0 fully saturated rings. The van der Waals surface area contributed by atoms with Crippen molar-refractivity contribution in [1.29, 1.82) is 0 Å². The summed E-state index contributed by atoms with van der Waals surface area (Å²) < 4.78 is 27.9. The first kappa shape index (κ1) is 11.9. The minimum Gasteiger partial charge on any atom is -0.384 e. The van der Waals surface area contributed by atoms with E-state index in [1.807, 2.05) is 0 Å². The maximum atomic E-state index is 11.6. The number of methoxy groups -OCH3 is 1. The first-order chi connectivity index (χ1) is 7.10. The summed E-state index contributed by atoms with van der Waals surface area (Å²) in [6, 6.07) is 0. The summed E-state index contributed by atoms with van der Waals surface area (Å²) in [4.78, 5) is 7.77. The van der Waals surface area contributed by atoms with Crippen LogP contribution in [-0.4, -0.2) is 44.9 Å². The topological polar surface area (TPSA) is 81.2 Å². The van der Waals surface area contributed by atoms with Crippen LogP contribution in [0.2, 0.25) is 0 Å². The van der Waals surface area contributed by atoms with Gasteiger partial charge in [0.05, 0.1) is 24.8 Å². The molecule has 0 aliphatic carbocycles. The molecule has 15 heavy (non-hydrogen) atoms. The van der Waals surface area contributed by atoms with E-state index < -0.39 is 9.84 Å². The second-order valence-electron chi connectivity index (χ2n) is 2.80. The van der Waals surface area contributed by atoms with Crippen LogP contribution in [0.3, 0.4) is 0 Å². The molecule has 0 aliphatic heterocycles. The van der Waals surface area contributed by atoms with Gasteiger partial charge >= 0.3 is 0 Å². The molecule has 1 N–H and O–H groups in total. The Kier molecular flexibility index (Phi) is 3.98. The van der Waals surface area contributed by atoms with Crippen LogP contribution in [0.15, 0.2) is 17.3 Å². The molecule has 0 unspecified atom stereocenters. The van der Waals surface area contributed by atoms with Gasteiger partial charge in [0, 0.05) is 14.2 Å². The maximum absolute atomic E-state index is 11.6. The molecule has 7 heteroatoms. The van der Waals surface area contributed by atoms with Gasteiger partial charge in [-0.3, -0.25) is 0 Å². The molecule has 0 amide bonds. The first-order valence-electron chi connectivity index (χ1n) is 4.31. The Balaban J connectivity index is 2.86. The lowest BCUT2D eigenvalue weighted by Crippen LogP contribution is -2.12. The van der Waals surface area contributed by atoms with Crippen LogP contribution in [-0.2, 0) is 14.6 Å². The van der Waals surface area contributed by atoms with Crippen molar-refractivity contribution >= 4 is 15.8 Å². The summed E-state index contributed by atoms with van der Waals surface area (Å²) in [6.07, 6.45) is 2.56. The summed E-state index contributed by atoms with van der Waals surface area (Å²) in [5.41, 5.74) is 0. The lowest BCUT2D eigenvalue weighted by atomic mass is 10.7. The SMILES string of the molecule is CNc1ncc(S(=O)(=O)CCOC)cn1. The number of aromatic nitrogens is 2. The first-order valence-corrected chi connectivity index (χ1v) is 5.97. The third-order valence-electron chi connectivity index (χ3n) is 1.77. The van der Waals surface area contributed by atoms with Crippen LogP contribution >= 0.6 is 0 Å². The normalized spacial score (nSPS) is 11.3. The molecule has 0 spiro atoms. The summed E-state index contributed by atoms with van der Waals surface area (Å²) >= 11 is 0. The highest BCUT2D eigenvalue weighted by Gasteiger charge is 2.14. The monoisotopic (exact) mass is 231 g/mol. The zero-order valence-electron chi connectivity index (χ0n) is 8.60. The molecule has 0 bridgehead atoms. The van der Waals surface area contributed by atoms with Gasteiger partial charge in [-0.25, -0.2) is 18.4 Å². The van der Waals surface area contributed by atoms with Gasteiger partial charge in [0.1, 0.15) is 4.90 Å². The zero-order valence-corrected chi connectivity index (χ0v) is 9.41. The molecule has 6 nitrogen and oxygen atoms in total. The summed E-state index contributed by atoms with van der Waals surface area (Å²) in [5, 5.41) is 2.71. The molecule has 0 aliphatic rings. The highest BCUT2D eigenvalue weighted by atomic mass is 32.2. The van der Waals surface area contributed by atoms with E-state index in [0.717, 1.165) is 0 Å². The zero-order chi connectivity index (χ0) is 11.3. The summed E-state index contributed by atoms with van der Waals surface area (Å²) in [5.74, 6) is 0.326. The van der Waals surface area contributed by atoms with Crippen LogP contribution in [0.25, 0.3) is 0 Å². The molecule has 0 saturated carbocycles. The Morgan fingerprint density at radius 2 is 2.00 bits per heavy atom. The van der Waals surface area contributed by atoms with E-state index in [1.165, 1.54) is 19.5 Å². The maximum Gasteiger partial charge on any atom is 0.222 e. The van der Waals surface area contributed by atoms with Gasteiger partial charge in [-0.1, -0.05) is 0 Å². The van der Waals surface area contributed by atoms with E-state index in [0.29, 0.717) is 5.95 Å². The molecule has 1 aromatic rings. The number of sulfone groups is 1. The average Bonchev–Trinajstić information content (AvgIpc) is 2.26. The Bertz CT molecular complexity index is 402. The highest BCUT2D eigenvalue weighted by molar-refractivity contribution is 7.91. The smallest absolute Gasteiger partial charge is 0.222 e. The van der Waals surface area contributed by atoms with Gasteiger partial charge in [0.15, 0.2) is 9.84 Å². The molecular weight excluding hydrogens is 218 g/mol. The van der Waals surface area contributed by atoms with Gasteiger partial charge < -0.3 is 10.1 Å². The quantitative estimate of drug-likeness (QED) is 0.764. The molecule has 0 atom stereocenters. The predicted molar refractivity (Wildman–Crippen MR) is 55.5 cm³/mol. The number of ether oxygens (including phenoxy) is 1. The van der Waals surface area contributed by atoms with E-state index in [-0.39, 0.29) is 17.3 Å². The Morgan fingerprint density at radius 1 is 1.40 bits per heavy atom. The number of hydrogen-bond acceptors (Lipinski definition) is 6. The van der Waals surface area contributed by atoms with Crippen molar-refractivity contribution in [3.05, 3.63) is 12.4 Å². The molecule has 84 valence electrons. The molecule has 1 heterocycles. The van der Waals surface area contributed by atoms with Crippen molar-refractivity contribution in [1.82, 2.24) is 9.97 Å². The van der Waals surface area contributed by atoms with Gasteiger partial charge in [-0.15, -0.1) is 0 Å². The summed E-state index contributed by atoms with van der Waals surface area (Å²) in [7, 11) is -0.210. The second kappa shape index (κ2) is 5.04. The van der Waals surface area contributed by atoms with Crippen molar-refractivity contribution < 1.29 is 13.2 Å². The van der Waals surface area contributed by atoms with E-state index >= 15 is 0 Å². The van der Waals surface area contributed by atoms with Crippen molar-refractivity contribution in [2.45, 2.75) is 4.90 Å². The molecule has 0 saturated heterocycles. The number of hydrogen-bond donors (Lipinski definition) is 1. The van der Waals surface area contributed by atoms with Crippen molar-refractivity contribution in [3.8, 4) is 0 Å². The van der Waals surface area contributed by atoms with Crippen LogP contribution in [0, 0.1) is 0 Å². The van der Waals surface area contributed by atoms with Crippen LogP contribution in [0.4, 0.5) is 5.95 Å². The summed E-state index contributed by atoms with van der Waals surface area (Å²) in [6.45, 7) is 0.163. The van der Waals surface area contributed by atoms with E-state index in [9.17, 15) is 8.42 Å². The van der Waals surface area contributed by atoms with E-state index in [4.69, 9.17) is 4.74 Å². The lowest BCUT2D eigenvalue weighted by Gasteiger charge is -2.03. The predicted octanol–water partition coefficient (Wildman–Crippen LogP) is -0.0616. The fourth-order valence-electron chi connectivity index (χ4n) is 0.917. The number of rotatable bonds is 5. The van der Waals surface area contributed by atoms with Gasteiger partial charge in [-0.05, 0) is 0 Å². The van der Waals surface area contributed by atoms with Crippen LogP contribution < -0.4 is 5.32 Å². The Labute approximate surface area is 88.6 Å². The molecule has 0 aromatic carbocycles. The van der Waals surface area contributed by atoms with Gasteiger partial charge in [-0.2, -0.15) is 0 Å². The fraction of sp³-hybridized carbons (Fsp3) is 0.500. The number of nitrogens with one attached hydrogen (secondary N) is 1. The van der Waals surface area contributed by atoms with Crippen molar-refractivity contribution in [3.63, 3.8) is 0 Å². The molecule has 1 aromatic heterocycles. The Morgan fingerprint density at radius 3 is 2.47 bits per heavy atom. The highest BCUT2D eigenvalue weighted by Crippen LogP contribution is 2.09.